The Bertz CT molecular complexity index is 1400. The molecule has 0 unspecified atom stereocenters. The van der Waals surface area contributed by atoms with Gasteiger partial charge in [0.25, 0.3) is 0 Å². The molecule has 2 heterocycles. The average molecular weight is 522 g/mol. The van der Waals surface area contributed by atoms with Gasteiger partial charge >= 0.3 is 0 Å². The summed E-state index contributed by atoms with van der Waals surface area (Å²) in [5.74, 6) is 0.979. The molecular weight excluding hydrogens is 493 g/mol. The van der Waals surface area contributed by atoms with Crippen LogP contribution in [-0.4, -0.2) is 36.9 Å². The maximum atomic E-state index is 13.1. The number of hydrogen-bond donors (Lipinski definition) is 0. The number of ketones is 1. The number of halogens is 2. The second-order valence-corrected chi connectivity index (χ2v) is 9.19. The molecule has 0 atom stereocenters. The number of nitrogens with zero attached hydrogens (tertiary/aromatic N) is 1. The molecule has 1 aliphatic heterocycles. The van der Waals surface area contributed by atoms with Crippen LogP contribution < -0.4 is 10.2 Å². The zero-order valence-electron chi connectivity index (χ0n) is 20.4. The van der Waals surface area contributed by atoms with Gasteiger partial charge in [-0.05, 0) is 68.8 Å². The van der Waals surface area contributed by atoms with E-state index >= 15 is 0 Å². The number of likely N-dealkylation sites (tertiary alicyclic amines) is 1. The summed E-state index contributed by atoms with van der Waals surface area (Å²) in [6, 6.07) is 22.2. The van der Waals surface area contributed by atoms with Crippen molar-refractivity contribution in [3.63, 3.8) is 0 Å². The highest BCUT2D eigenvalue weighted by Gasteiger charge is 2.25. The van der Waals surface area contributed by atoms with Crippen LogP contribution in [0.4, 0.5) is 4.39 Å². The van der Waals surface area contributed by atoms with Crippen molar-refractivity contribution in [3.8, 4) is 17.1 Å². The molecule has 1 aliphatic rings. The first-order chi connectivity index (χ1) is 17.6. The predicted octanol–water partition coefficient (Wildman–Crippen LogP) is 6.38. The lowest BCUT2D eigenvalue weighted by Gasteiger charge is -2.31. The Morgan fingerprint density at radius 2 is 1.70 bits per heavy atom. The first-order valence-corrected chi connectivity index (χ1v) is 12.3. The zero-order valence-corrected chi connectivity index (χ0v) is 21.2. The second-order valence-electron chi connectivity index (χ2n) is 9.19. The number of ether oxygens (including phenoxy) is 1. The molecule has 3 aromatic carbocycles. The molecule has 4 aromatic rings. The average Bonchev–Trinajstić information content (AvgIpc) is 2.92. The van der Waals surface area contributed by atoms with E-state index < -0.39 is 0 Å². The number of benzene rings is 3. The summed E-state index contributed by atoms with van der Waals surface area (Å²) < 4.78 is 25.1. The number of Topliss-reactive ketones (excluding diaryl/α,β-unsaturated/α-hetero) is 1. The van der Waals surface area contributed by atoms with Gasteiger partial charge in [-0.2, -0.15) is 0 Å². The molecular formula is C30H29ClFNO4. The normalized spacial score (nSPS) is 14.3. The van der Waals surface area contributed by atoms with Crippen LogP contribution in [0.15, 0.2) is 88.1 Å². The highest BCUT2D eigenvalue weighted by atomic mass is 35.5. The molecule has 0 amide bonds. The van der Waals surface area contributed by atoms with Gasteiger partial charge in [0.1, 0.15) is 22.9 Å². The number of rotatable bonds is 8. The number of hydrogen-bond acceptors (Lipinski definition) is 5. The van der Waals surface area contributed by atoms with E-state index in [-0.39, 0.29) is 35.4 Å². The molecule has 5 nitrogen and oxygen atoms in total. The summed E-state index contributed by atoms with van der Waals surface area (Å²) in [5.41, 5.74) is 1.87. The molecule has 1 aromatic heterocycles. The lowest BCUT2D eigenvalue weighted by molar-refractivity contribution is 0.0835. The van der Waals surface area contributed by atoms with Crippen molar-refractivity contribution in [1.29, 1.82) is 0 Å². The summed E-state index contributed by atoms with van der Waals surface area (Å²) in [6.45, 7) is 3.16. The van der Waals surface area contributed by atoms with Gasteiger partial charge in [0.15, 0.2) is 11.2 Å². The van der Waals surface area contributed by atoms with E-state index in [9.17, 15) is 14.0 Å². The summed E-state index contributed by atoms with van der Waals surface area (Å²) >= 11 is 0. The fourth-order valence-corrected chi connectivity index (χ4v) is 4.72. The van der Waals surface area contributed by atoms with Crippen molar-refractivity contribution in [2.75, 3.05) is 26.2 Å². The molecule has 1 fully saturated rings. The van der Waals surface area contributed by atoms with Gasteiger partial charge in [0, 0.05) is 35.7 Å². The Morgan fingerprint density at radius 3 is 2.43 bits per heavy atom. The molecule has 37 heavy (non-hydrogen) atoms. The zero-order chi connectivity index (χ0) is 24.9. The fraction of sp³-hybridized carbons (Fsp3) is 0.267. The van der Waals surface area contributed by atoms with Gasteiger partial charge in [-0.15, -0.1) is 12.4 Å². The maximum absolute atomic E-state index is 13.1. The fourth-order valence-electron chi connectivity index (χ4n) is 4.72. The topological polar surface area (TPSA) is 59.8 Å². The molecule has 0 spiro atoms. The minimum absolute atomic E-state index is 0. The first-order valence-electron chi connectivity index (χ1n) is 12.3. The van der Waals surface area contributed by atoms with Crippen molar-refractivity contribution >= 4 is 29.2 Å². The molecule has 0 saturated carbocycles. The van der Waals surface area contributed by atoms with Gasteiger partial charge in [-0.3, -0.25) is 9.59 Å². The molecule has 1 saturated heterocycles. The number of carbonyl (C=O) groups excluding carboxylic acids is 1. The number of fused-ring (bicyclic) bond motifs is 1. The van der Waals surface area contributed by atoms with Crippen molar-refractivity contribution < 1.29 is 18.3 Å². The van der Waals surface area contributed by atoms with Gasteiger partial charge < -0.3 is 14.1 Å². The molecule has 0 aliphatic carbocycles. The molecule has 192 valence electrons. The first kappa shape index (κ1) is 26.6. The molecule has 0 radical (unpaired) electrons. The van der Waals surface area contributed by atoms with Gasteiger partial charge in [-0.1, -0.05) is 30.3 Å². The second kappa shape index (κ2) is 12.2. The maximum Gasteiger partial charge on any atom is 0.193 e. The third-order valence-electron chi connectivity index (χ3n) is 6.73. The summed E-state index contributed by atoms with van der Waals surface area (Å²) in [4.78, 5) is 27.5. The number of carbonyl (C=O) groups is 1. The van der Waals surface area contributed by atoms with E-state index in [0.717, 1.165) is 44.5 Å². The van der Waals surface area contributed by atoms with E-state index in [4.69, 9.17) is 9.15 Å². The SMILES string of the molecule is Cl.O=C(c1ccc(F)cc1)C1CCN(CCCOc2ccc3c(=O)cc(-c4ccccc4)oc3c2)CC1. The van der Waals surface area contributed by atoms with Crippen LogP contribution in [-0.2, 0) is 0 Å². The van der Waals surface area contributed by atoms with E-state index in [1.807, 2.05) is 30.3 Å². The van der Waals surface area contributed by atoms with Crippen LogP contribution >= 0.6 is 12.4 Å². The van der Waals surface area contributed by atoms with Crippen LogP contribution in [0, 0.1) is 11.7 Å². The molecule has 5 rings (SSSR count). The van der Waals surface area contributed by atoms with Crippen molar-refractivity contribution in [2.45, 2.75) is 19.3 Å². The van der Waals surface area contributed by atoms with Crippen LogP contribution in [0.1, 0.15) is 29.6 Å². The van der Waals surface area contributed by atoms with E-state index in [1.165, 1.54) is 18.2 Å². The van der Waals surface area contributed by atoms with E-state index in [1.54, 1.807) is 30.3 Å². The highest BCUT2D eigenvalue weighted by Crippen LogP contribution is 2.25. The van der Waals surface area contributed by atoms with Gasteiger partial charge in [0.05, 0.1) is 12.0 Å². The molecule has 7 heteroatoms. The predicted molar refractivity (Wildman–Crippen MR) is 145 cm³/mol. The Morgan fingerprint density at radius 1 is 0.973 bits per heavy atom. The van der Waals surface area contributed by atoms with Crippen molar-refractivity contribution in [3.05, 3.63) is 100 Å². The quantitative estimate of drug-likeness (QED) is 0.199. The minimum atomic E-state index is -0.325. The van der Waals surface area contributed by atoms with Crippen molar-refractivity contribution in [1.82, 2.24) is 4.90 Å². The minimum Gasteiger partial charge on any atom is -0.493 e. The van der Waals surface area contributed by atoms with Gasteiger partial charge in [-0.25, -0.2) is 4.39 Å². The summed E-state index contributed by atoms with van der Waals surface area (Å²) in [6.07, 6.45) is 2.47. The smallest absolute Gasteiger partial charge is 0.193 e. The third kappa shape index (κ3) is 6.45. The lowest BCUT2D eigenvalue weighted by Crippen LogP contribution is -2.37. The van der Waals surface area contributed by atoms with E-state index in [0.29, 0.717) is 34.6 Å². The third-order valence-corrected chi connectivity index (χ3v) is 6.73. The Labute approximate surface area is 221 Å². The van der Waals surface area contributed by atoms with Gasteiger partial charge in [0.2, 0.25) is 0 Å². The Kier molecular flexibility index (Phi) is 8.74. The molecule has 0 N–H and O–H groups in total. The monoisotopic (exact) mass is 521 g/mol. The van der Waals surface area contributed by atoms with Crippen LogP contribution in [0.3, 0.4) is 0 Å². The van der Waals surface area contributed by atoms with Crippen LogP contribution in [0.25, 0.3) is 22.3 Å². The standard InChI is InChI=1S/C30H28FNO4.ClH/c31-24-9-7-22(8-10-24)30(34)23-13-16-32(17-14-23)15-4-18-35-25-11-12-26-27(33)20-28(36-29(26)19-25)21-5-2-1-3-6-21;/h1-3,5-12,19-20,23H,4,13-18H2;1H. The Balaban J connectivity index is 0.00000320. The number of piperidine rings is 1. The highest BCUT2D eigenvalue weighted by molar-refractivity contribution is 5.97. The van der Waals surface area contributed by atoms with Crippen LogP contribution in [0.2, 0.25) is 0 Å². The van der Waals surface area contributed by atoms with Crippen molar-refractivity contribution in [2.24, 2.45) is 5.92 Å². The largest absolute Gasteiger partial charge is 0.493 e. The molecule has 0 bridgehead atoms. The summed E-state index contributed by atoms with van der Waals surface area (Å²) in [7, 11) is 0. The summed E-state index contributed by atoms with van der Waals surface area (Å²) in [5, 5.41) is 0.528. The lowest BCUT2D eigenvalue weighted by atomic mass is 9.89. The van der Waals surface area contributed by atoms with E-state index in [2.05, 4.69) is 4.90 Å². The Hall–Kier alpha value is -3.48. The van der Waals surface area contributed by atoms with Crippen LogP contribution in [0.5, 0.6) is 5.75 Å².